The minimum absolute atomic E-state index is 0.0104. The van der Waals surface area contributed by atoms with Crippen LogP contribution in [0.2, 0.25) is 5.02 Å². The standard InChI is InChI=1S/C20H18ClF2N3O5S2/c21-13-3-4-16(12(6-13)2-1-5-24-9-20(27)28)31-17-7-15(23)18(8-14(17)22)33(29,30)26-19-10-32-11-25-19/h3-4,6-8,10-11,24,26H,1-2,5,9H2,(H,27,28). The lowest BCUT2D eigenvalue weighted by Gasteiger charge is -2.14. The van der Waals surface area contributed by atoms with E-state index in [-0.39, 0.29) is 18.1 Å². The Balaban J connectivity index is 1.78. The van der Waals surface area contributed by atoms with Crippen molar-refractivity contribution in [3.63, 3.8) is 0 Å². The summed E-state index contributed by atoms with van der Waals surface area (Å²) in [7, 11) is -4.41. The van der Waals surface area contributed by atoms with Crippen LogP contribution in [0.1, 0.15) is 12.0 Å². The van der Waals surface area contributed by atoms with Crippen molar-refractivity contribution in [2.24, 2.45) is 0 Å². The number of sulfonamides is 1. The van der Waals surface area contributed by atoms with E-state index in [4.69, 9.17) is 21.4 Å². The molecule has 2 aromatic carbocycles. The number of anilines is 1. The van der Waals surface area contributed by atoms with Crippen LogP contribution in [0.15, 0.2) is 46.1 Å². The van der Waals surface area contributed by atoms with Gasteiger partial charge >= 0.3 is 5.97 Å². The molecule has 3 aromatic rings. The van der Waals surface area contributed by atoms with Gasteiger partial charge in [-0.15, -0.1) is 11.3 Å². The number of benzene rings is 2. The van der Waals surface area contributed by atoms with Crippen LogP contribution < -0.4 is 14.8 Å². The van der Waals surface area contributed by atoms with Gasteiger partial charge in [-0.1, -0.05) is 11.6 Å². The van der Waals surface area contributed by atoms with Crippen molar-refractivity contribution in [1.29, 1.82) is 0 Å². The number of halogens is 3. The summed E-state index contributed by atoms with van der Waals surface area (Å²) in [5.41, 5.74) is 1.97. The van der Waals surface area contributed by atoms with Crippen molar-refractivity contribution < 1.29 is 31.8 Å². The van der Waals surface area contributed by atoms with E-state index in [0.29, 0.717) is 42.1 Å². The third-order valence-corrected chi connectivity index (χ3v) is 6.46. The van der Waals surface area contributed by atoms with Gasteiger partial charge in [-0.05, 0) is 43.1 Å². The summed E-state index contributed by atoms with van der Waals surface area (Å²) < 4.78 is 61.7. The Morgan fingerprint density at radius 1 is 1.18 bits per heavy atom. The number of rotatable bonds is 11. The zero-order valence-corrected chi connectivity index (χ0v) is 19.2. The van der Waals surface area contributed by atoms with Gasteiger partial charge in [-0.2, -0.15) is 0 Å². The Hall–Kier alpha value is -2.80. The van der Waals surface area contributed by atoms with Crippen molar-refractivity contribution in [1.82, 2.24) is 10.3 Å². The number of aryl methyl sites for hydroxylation is 1. The fourth-order valence-electron chi connectivity index (χ4n) is 2.81. The molecule has 0 fully saturated rings. The van der Waals surface area contributed by atoms with Crippen LogP contribution in [0.4, 0.5) is 14.6 Å². The number of aromatic nitrogens is 1. The molecule has 0 aliphatic heterocycles. The first-order valence-electron chi connectivity index (χ1n) is 9.44. The molecule has 0 spiro atoms. The number of nitrogens with one attached hydrogen (secondary N) is 2. The summed E-state index contributed by atoms with van der Waals surface area (Å²) in [6.45, 7) is 0.218. The van der Waals surface area contributed by atoms with Crippen LogP contribution in [0.3, 0.4) is 0 Å². The third-order valence-electron chi connectivity index (χ3n) is 4.27. The Bertz CT molecular complexity index is 1240. The largest absolute Gasteiger partial charge is 0.480 e. The summed E-state index contributed by atoms with van der Waals surface area (Å²) in [6.07, 6.45) is 0.941. The highest BCUT2D eigenvalue weighted by molar-refractivity contribution is 7.92. The average Bonchev–Trinajstić information content (AvgIpc) is 3.23. The van der Waals surface area contributed by atoms with Crippen molar-refractivity contribution in [2.45, 2.75) is 17.7 Å². The second kappa shape index (κ2) is 10.9. The van der Waals surface area contributed by atoms with E-state index in [9.17, 15) is 22.0 Å². The molecule has 8 nitrogen and oxygen atoms in total. The molecule has 0 radical (unpaired) electrons. The lowest BCUT2D eigenvalue weighted by molar-refractivity contribution is -0.135. The number of carboxylic acids is 1. The minimum Gasteiger partial charge on any atom is -0.480 e. The highest BCUT2D eigenvalue weighted by Gasteiger charge is 2.24. The number of hydrogen-bond acceptors (Lipinski definition) is 7. The molecule has 0 atom stereocenters. The number of ether oxygens (including phenoxy) is 1. The monoisotopic (exact) mass is 517 g/mol. The van der Waals surface area contributed by atoms with Gasteiger partial charge < -0.3 is 15.2 Å². The molecule has 3 N–H and O–H groups in total. The molecular formula is C20H18ClF2N3O5S2. The van der Waals surface area contributed by atoms with Crippen molar-refractivity contribution in [3.05, 3.63) is 63.4 Å². The Morgan fingerprint density at radius 3 is 2.67 bits per heavy atom. The smallest absolute Gasteiger partial charge is 0.317 e. The van der Waals surface area contributed by atoms with Gasteiger partial charge in [0.15, 0.2) is 17.4 Å². The number of hydrogen-bond donors (Lipinski definition) is 3. The Labute approximate surface area is 197 Å². The molecule has 3 rings (SSSR count). The quantitative estimate of drug-likeness (QED) is 0.325. The first-order valence-corrected chi connectivity index (χ1v) is 12.2. The second-order valence-electron chi connectivity index (χ2n) is 6.72. The molecule has 0 amide bonds. The van der Waals surface area contributed by atoms with Gasteiger partial charge in [0.2, 0.25) is 0 Å². The van der Waals surface area contributed by atoms with E-state index in [1.807, 2.05) is 0 Å². The summed E-state index contributed by atoms with van der Waals surface area (Å²) in [5, 5.41) is 13.2. The first kappa shape index (κ1) is 24.8. The molecule has 13 heteroatoms. The topological polar surface area (TPSA) is 118 Å². The van der Waals surface area contributed by atoms with Gasteiger partial charge in [0.25, 0.3) is 10.0 Å². The molecule has 0 aliphatic rings. The average molecular weight is 518 g/mol. The zero-order valence-electron chi connectivity index (χ0n) is 16.8. The second-order valence-corrected chi connectivity index (χ2v) is 9.53. The lowest BCUT2D eigenvalue weighted by Crippen LogP contribution is -2.23. The van der Waals surface area contributed by atoms with Crippen LogP contribution in [-0.2, 0) is 21.2 Å². The van der Waals surface area contributed by atoms with Crippen LogP contribution in [0, 0.1) is 11.6 Å². The van der Waals surface area contributed by atoms with Crippen molar-refractivity contribution in [3.8, 4) is 11.5 Å². The van der Waals surface area contributed by atoms with Crippen LogP contribution in [0.25, 0.3) is 0 Å². The Morgan fingerprint density at radius 2 is 1.97 bits per heavy atom. The SMILES string of the molecule is O=C(O)CNCCCc1cc(Cl)ccc1Oc1cc(F)c(S(=O)(=O)Nc2cscn2)cc1F. The van der Waals surface area contributed by atoms with Gasteiger partial charge in [0.1, 0.15) is 16.5 Å². The fourth-order valence-corrected chi connectivity index (χ4v) is 4.64. The molecule has 1 heterocycles. The van der Waals surface area contributed by atoms with E-state index in [0.717, 1.165) is 11.3 Å². The molecule has 0 bridgehead atoms. The van der Waals surface area contributed by atoms with Gasteiger partial charge in [0.05, 0.1) is 12.1 Å². The van der Waals surface area contributed by atoms with Crippen LogP contribution >= 0.6 is 22.9 Å². The summed E-state index contributed by atoms with van der Waals surface area (Å²) in [4.78, 5) is 13.4. The van der Waals surface area contributed by atoms with Crippen molar-refractivity contribution in [2.75, 3.05) is 17.8 Å². The number of thiazole rings is 1. The van der Waals surface area contributed by atoms with E-state index in [2.05, 4.69) is 15.0 Å². The van der Waals surface area contributed by atoms with E-state index in [1.54, 1.807) is 6.07 Å². The van der Waals surface area contributed by atoms with Crippen LogP contribution in [-0.4, -0.2) is 37.6 Å². The molecule has 0 unspecified atom stereocenters. The zero-order chi connectivity index (χ0) is 24.0. The predicted molar refractivity (Wildman–Crippen MR) is 120 cm³/mol. The van der Waals surface area contributed by atoms with Crippen molar-refractivity contribution >= 4 is 44.7 Å². The van der Waals surface area contributed by atoms with Gasteiger partial charge in [-0.3, -0.25) is 9.52 Å². The highest BCUT2D eigenvalue weighted by Crippen LogP contribution is 2.33. The number of aliphatic carboxylic acids is 1. The molecule has 0 saturated heterocycles. The maximum Gasteiger partial charge on any atom is 0.317 e. The number of carbonyl (C=O) groups is 1. The van der Waals surface area contributed by atoms with Gasteiger partial charge in [0, 0.05) is 22.5 Å². The maximum atomic E-state index is 14.7. The Kier molecular flexibility index (Phi) is 8.19. The molecule has 1 aromatic heterocycles. The highest BCUT2D eigenvalue weighted by atomic mass is 35.5. The molecule has 33 heavy (non-hydrogen) atoms. The molecule has 0 saturated carbocycles. The van der Waals surface area contributed by atoms with E-state index in [1.165, 1.54) is 23.0 Å². The van der Waals surface area contributed by atoms with Gasteiger partial charge in [-0.25, -0.2) is 22.2 Å². The number of nitrogens with zero attached hydrogens (tertiary/aromatic N) is 1. The lowest BCUT2D eigenvalue weighted by atomic mass is 10.1. The fraction of sp³-hybridized carbons (Fsp3) is 0.200. The normalized spacial score (nSPS) is 11.4. The molecule has 0 aliphatic carbocycles. The summed E-state index contributed by atoms with van der Waals surface area (Å²) in [6, 6.07) is 5.77. The van der Waals surface area contributed by atoms with Crippen LogP contribution in [0.5, 0.6) is 11.5 Å². The van der Waals surface area contributed by atoms with E-state index >= 15 is 0 Å². The maximum absolute atomic E-state index is 14.7. The minimum atomic E-state index is -4.41. The molecule has 176 valence electrons. The third kappa shape index (κ3) is 6.84. The summed E-state index contributed by atoms with van der Waals surface area (Å²) >= 11 is 7.16. The first-order chi connectivity index (χ1) is 15.7. The molecular weight excluding hydrogens is 500 g/mol. The summed E-state index contributed by atoms with van der Waals surface area (Å²) in [5.74, 6) is -3.59. The number of carboxylic acid groups (broad SMARTS) is 1. The predicted octanol–water partition coefficient (Wildman–Crippen LogP) is 4.27. The van der Waals surface area contributed by atoms with E-state index < -0.39 is 38.3 Å².